The molecule has 0 aromatic heterocycles. The van der Waals surface area contributed by atoms with E-state index in [1.165, 1.54) is 39.6 Å². The van der Waals surface area contributed by atoms with E-state index in [0.717, 1.165) is 5.41 Å². The SMILES string of the molecule is COc1cc(OC)c(C=CS(=O)(=O)Cc2ccc(OC)c(N(OC(C)(C)C)C(N)=NOC(C)(C)C)c2)c(OC)c1. The molecule has 0 fully saturated rings. The molecule has 0 saturated carbocycles. The Balaban J connectivity index is 2.49. The molecule has 12 heteroatoms. The normalized spacial score (nSPS) is 12.8. The van der Waals surface area contributed by atoms with E-state index in [-0.39, 0.29) is 11.7 Å². The summed E-state index contributed by atoms with van der Waals surface area (Å²) in [6.45, 7) is 11.0. The first-order valence-corrected chi connectivity index (χ1v) is 14.1. The van der Waals surface area contributed by atoms with E-state index in [1.54, 1.807) is 30.3 Å². The average Bonchev–Trinajstić information content (AvgIpc) is 2.87. The summed E-state index contributed by atoms with van der Waals surface area (Å²) in [4.78, 5) is 11.6. The van der Waals surface area contributed by atoms with Crippen LogP contribution < -0.4 is 29.7 Å². The monoisotopic (exact) mass is 579 g/mol. The zero-order valence-corrected chi connectivity index (χ0v) is 25.7. The van der Waals surface area contributed by atoms with Crippen molar-refractivity contribution < 1.29 is 37.0 Å². The molecule has 0 spiro atoms. The minimum absolute atomic E-state index is 0.0956. The Morgan fingerprint density at radius 1 is 0.875 bits per heavy atom. The molecule has 0 bridgehead atoms. The van der Waals surface area contributed by atoms with Gasteiger partial charge in [0.2, 0.25) is 0 Å². The summed E-state index contributed by atoms with van der Waals surface area (Å²) in [5, 5.41) is 6.40. The van der Waals surface area contributed by atoms with Crippen LogP contribution in [-0.2, 0) is 25.3 Å². The Bertz CT molecular complexity index is 1300. The summed E-state index contributed by atoms with van der Waals surface area (Å²) in [5.74, 6) is 1.29. The highest BCUT2D eigenvalue weighted by molar-refractivity contribution is 7.93. The second-order valence-corrected chi connectivity index (χ2v) is 12.6. The van der Waals surface area contributed by atoms with Gasteiger partial charge in [-0.25, -0.2) is 8.42 Å². The Morgan fingerprint density at radius 2 is 1.45 bits per heavy atom. The van der Waals surface area contributed by atoms with Gasteiger partial charge in [-0.15, -0.1) is 0 Å². The second-order valence-electron chi connectivity index (χ2n) is 10.7. The van der Waals surface area contributed by atoms with Crippen molar-refractivity contribution in [2.45, 2.75) is 58.5 Å². The Morgan fingerprint density at radius 3 is 1.93 bits per heavy atom. The van der Waals surface area contributed by atoms with E-state index in [0.29, 0.717) is 39.8 Å². The number of hydroxylamine groups is 1. The molecule has 222 valence electrons. The number of hydrogen-bond acceptors (Lipinski definition) is 9. The zero-order valence-electron chi connectivity index (χ0n) is 24.9. The number of anilines is 1. The van der Waals surface area contributed by atoms with Gasteiger partial charge in [0.15, 0.2) is 9.84 Å². The first-order valence-electron chi connectivity index (χ1n) is 12.4. The number of hydrogen-bond donors (Lipinski definition) is 1. The predicted octanol–water partition coefficient (Wildman–Crippen LogP) is 4.89. The Labute approximate surface area is 237 Å². The third kappa shape index (κ3) is 9.53. The van der Waals surface area contributed by atoms with Crippen LogP contribution in [-0.4, -0.2) is 54.0 Å². The molecular formula is C28H41N3O8S. The minimum atomic E-state index is -3.75. The standard InChI is InChI=1S/C28H41N3O8S/c1-27(2,3)38-30-26(29)31(39-28(4,5)6)22-15-19(11-12-23(22)35-8)18-40(32,33)14-13-21-24(36-9)16-20(34-7)17-25(21)37-10/h11-17H,18H2,1-10H3,(H2,29,30). The fourth-order valence-corrected chi connectivity index (χ4v) is 4.43. The molecule has 0 unspecified atom stereocenters. The number of rotatable bonds is 11. The van der Waals surface area contributed by atoms with Crippen molar-refractivity contribution in [2.75, 3.05) is 33.5 Å². The van der Waals surface area contributed by atoms with E-state index < -0.39 is 21.0 Å². The zero-order chi connectivity index (χ0) is 30.3. The molecule has 0 heterocycles. The van der Waals surface area contributed by atoms with Crippen molar-refractivity contribution in [3.63, 3.8) is 0 Å². The smallest absolute Gasteiger partial charge is 0.262 e. The molecule has 2 rings (SSSR count). The molecule has 0 aliphatic rings. The lowest BCUT2D eigenvalue weighted by Crippen LogP contribution is -2.43. The molecule has 0 atom stereocenters. The van der Waals surface area contributed by atoms with Gasteiger partial charge in [-0.2, -0.15) is 5.06 Å². The fourth-order valence-electron chi connectivity index (χ4n) is 3.35. The highest BCUT2D eigenvalue weighted by atomic mass is 32.2. The maximum atomic E-state index is 13.2. The maximum absolute atomic E-state index is 13.2. The third-order valence-electron chi connectivity index (χ3n) is 5.01. The van der Waals surface area contributed by atoms with Crippen LogP contribution in [0.2, 0.25) is 0 Å². The van der Waals surface area contributed by atoms with Gasteiger partial charge >= 0.3 is 0 Å². The van der Waals surface area contributed by atoms with Crippen LogP contribution in [0.4, 0.5) is 5.69 Å². The third-order valence-corrected chi connectivity index (χ3v) is 6.30. The van der Waals surface area contributed by atoms with Crippen LogP contribution in [0.3, 0.4) is 0 Å². The number of oxime groups is 1. The van der Waals surface area contributed by atoms with Crippen molar-refractivity contribution in [1.29, 1.82) is 0 Å². The summed E-state index contributed by atoms with van der Waals surface area (Å²) in [6.07, 6.45) is 1.43. The van der Waals surface area contributed by atoms with Crippen molar-refractivity contribution in [1.82, 2.24) is 0 Å². The van der Waals surface area contributed by atoms with Crippen LogP contribution >= 0.6 is 0 Å². The summed E-state index contributed by atoms with van der Waals surface area (Å²) < 4.78 is 47.9. The van der Waals surface area contributed by atoms with Gasteiger partial charge in [0.05, 0.1) is 45.4 Å². The van der Waals surface area contributed by atoms with Gasteiger partial charge in [0, 0.05) is 17.5 Å². The topological polar surface area (TPSA) is 131 Å². The van der Waals surface area contributed by atoms with E-state index >= 15 is 0 Å². The average molecular weight is 580 g/mol. The number of sulfone groups is 1. The molecule has 0 saturated heterocycles. The van der Waals surface area contributed by atoms with Gasteiger partial charge in [-0.1, -0.05) is 6.07 Å². The van der Waals surface area contributed by atoms with E-state index in [9.17, 15) is 8.42 Å². The molecular weight excluding hydrogens is 538 g/mol. The lowest BCUT2D eigenvalue weighted by atomic mass is 10.1. The number of guanidine groups is 1. The molecule has 0 radical (unpaired) electrons. The van der Waals surface area contributed by atoms with Crippen molar-refractivity contribution in [2.24, 2.45) is 10.9 Å². The van der Waals surface area contributed by atoms with Crippen LogP contribution in [0.1, 0.15) is 52.7 Å². The number of nitrogens with zero attached hydrogens (tertiary/aromatic N) is 2. The minimum Gasteiger partial charge on any atom is -0.496 e. The lowest BCUT2D eigenvalue weighted by molar-refractivity contribution is -0.0144. The van der Waals surface area contributed by atoms with Gasteiger partial charge < -0.3 is 29.5 Å². The van der Waals surface area contributed by atoms with Crippen LogP contribution in [0, 0.1) is 0 Å². The van der Waals surface area contributed by atoms with Gasteiger partial charge in [0.25, 0.3) is 5.96 Å². The molecule has 2 aromatic rings. The second kappa shape index (κ2) is 13.1. The predicted molar refractivity (Wildman–Crippen MR) is 157 cm³/mol. The van der Waals surface area contributed by atoms with E-state index in [1.807, 2.05) is 41.5 Å². The summed E-state index contributed by atoms with van der Waals surface area (Å²) in [6, 6.07) is 8.18. The molecule has 2 N–H and O–H groups in total. The highest BCUT2D eigenvalue weighted by Crippen LogP contribution is 2.36. The number of nitrogens with two attached hydrogens (primary N) is 1. The Kier molecular flexibility index (Phi) is 10.7. The van der Waals surface area contributed by atoms with Gasteiger partial charge in [0.1, 0.15) is 34.3 Å². The molecule has 0 aliphatic heterocycles. The fraction of sp³-hybridized carbons (Fsp3) is 0.464. The van der Waals surface area contributed by atoms with Gasteiger partial charge in [-0.3, -0.25) is 4.84 Å². The van der Waals surface area contributed by atoms with E-state index in [4.69, 9.17) is 34.4 Å². The maximum Gasteiger partial charge on any atom is 0.262 e. The molecule has 0 aliphatic carbocycles. The van der Waals surface area contributed by atoms with Crippen molar-refractivity contribution in [3.8, 4) is 23.0 Å². The first-order chi connectivity index (χ1) is 18.5. The van der Waals surface area contributed by atoms with Crippen molar-refractivity contribution in [3.05, 3.63) is 46.9 Å². The number of ether oxygens (including phenoxy) is 4. The summed E-state index contributed by atoms with van der Waals surface area (Å²) in [7, 11) is 2.21. The largest absolute Gasteiger partial charge is 0.496 e. The summed E-state index contributed by atoms with van der Waals surface area (Å²) >= 11 is 0. The molecule has 40 heavy (non-hydrogen) atoms. The van der Waals surface area contributed by atoms with Crippen LogP contribution in [0.25, 0.3) is 6.08 Å². The van der Waals surface area contributed by atoms with Crippen LogP contribution in [0.15, 0.2) is 40.9 Å². The first kappa shape index (κ1) is 32.6. The lowest BCUT2D eigenvalue weighted by Gasteiger charge is -2.31. The molecule has 2 aromatic carbocycles. The van der Waals surface area contributed by atoms with E-state index in [2.05, 4.69) is 5.16 Å². The quantitative estimate of drug-likeness (QED) is 0.223. The summed E-state index contributed by atoms with van der Waals surface area (Å²) in [5.41, 5.74) is 6.25. The number of methoxy groups -OCH3 is 4. The van der Waals surface area contributed by atoms with Crippen LogP contribution in [0.5, 0.6) is 23.0 Å². The molecule has 11 nitrogen and oxygen atoms in total. The molecule has 0 amide bonds. The van der Waals surface area contributed by atoms with Crippen molar-refractivity contribution >= 4 is 27.6 Å². The van der Waals surface area contributed by atoms with Gasteiger partial charge in [-0.05, 0) is 70.5 Å². The number of benzene rings is 2. The Hall–Kier alpha value is -3.64. The highest BCUT2D eigenvalue weighted by Gasteiger charge is 2.26.